The summed E-state index contributed by atoms with van der Waals surface area (Å²) in [6, 6.07) is 3.46. The molecule has 0 unspecified atom stereocenters. The third-order valence-corrected chi connectivity index (χ3v) is 2.50. The number of rotatable bonds is 2. The molecule has 0 aliphatic rings. The highest BCUT2D eigenvalue weighted by Crippen LogP contribution is 2.21. The van der Waals surface area contributed by atoms with Crippen LogP contribution >= 0.6 is 0 Å². The Balaban J connectivity index is 2.64. The second-order valence-electron chi connectivity index (χ2n) is 3.54. The summed E-state index contributed by atoms with van der Waals surface area (Å²) < 4.78 is 25.9. The normalized spacial score (nSPS) is 10.5. The molecular formula is C12H10F2N2O. The van der Waals surface area contributed by atoms with Crippen LogP contribution in [-0.4, -0.2) is 9.97 Å². The third kappa shape index (κ3) is 2.08. The van der Waals surface area contributed by atoms with Gasteiger partial charge in [-0.2, -0.15) is 0 Å². The van der Waals surface area contributed by atoms with E-state index in [-0.39, 0.29) is 5.56 Å². The van der Waals surface area contributed by atoms with Crippen LogP contribution in [0.15, 0.2) is 29.3 Å². The average molecular weight is 236 g/mol. The Labute approximate surface area is 96.2 Å². The zero-order valence-corrected chi connectivity index (χ0v) is 9.13. The van der Waals surface area contributed by atoms with Gasteiger partial charge < -0.3 is 4.98 Å². The van der Waals surface area contributed by atoms with Gasteiger partial charge in [0, 0.05) is 11.1 Å². The highest BCUT2D eigenvalue weighted by atomic mass is 19.2. The molecular weight excluding hydrogens is 226 g/mol. The summed E-state index contributed by atoms with van der Waals surface area (Å²) >= 11 is 0. The molecule has 0 saturated heterocycles. The van der Waals surface area contributed by atoms with E-state index in [4.69, 9.17) is 0 Å². The molecule has 0 aliphatic heterocycles. The van der Waals surface area contributed by atoms with Crippen LogP contribution in [0.5, 0.6) is 0 Å². The monoisotopic (exact) mass is 236 g/mol. The van der Waals surface area contributed by atoms with Crippen molar-refractivity contribution in [2.24, 2.45) is 0 Å². The van der Waals surface area contributed by atoms with E-state index in [9.17, 15) is 13.6 Å². The van der Waals surface area contributed by atoms with Crippen LogP contribution in [-0.2, 0) is 6.42 Å². The van der Waals surface area contributed by atoms with E-state index in [2.05, 4.69) is 9.97 Å². The van der Waals surface area contributed by atoms with Gasteiger partial charge in [0.1, 0.15) is 0 Å². The molecule has 0 amide bonds. The molecule has 0 radical (unpaired) electrons. The first-order valence-corrected chi connectivity index (χ1v) is 5.15. The smallest absolute Gasteiger partial charge is 0.254 e. The van der Waals surface area contributed by atoms with Crippen molar-refractivity contribution < 1.29 is 8.78 Å². The number of halogens is 2. The largest absolute Gasteiger partial charge is 0.313 e. The first kappa shape index (κ1) is 11.4. The minimum atomic E-state index is -0.952. The maximum absolute atomic E-state index is 13.1. The Bertz CT molecular complexity index is 608. The second-order valence-corrected chi connectivity index (χ2v) is 3.54. The fourth-order valence-electron chi connectivity index (χ4n) is 1.65. The summed E-state index contributed by atoms with van der Waals surface area (Å²) in [5, 5.41) is 0. The summed E-state index contributed by atoms with van der Waals surface area (Å²) in [5.41, 5.74) is 0.975. The maximum atomic E-state index is 13.1. The van der Waals surface area contributed by atoms with E-state index in [1.165, 1.54) is 12.4 Å². The van der Waals surface area contributed by atoms with Crippen LogP contribution in [0.2, 0.25) is 0 Å². The number of nitrogens with one attached hydrogen (secondary N) is 1. The lowest BCUT2D eigenvalue weighted by molar-refractivity contribution is 0.509. The summed E-state index contributed by atoms with van der Waals surface area (Å²) in [6.45, 7) is 1.80. The lowest BCUT2D eigenvalue weighted by Gasteiger charge is -2.05. The van der Waals surface area contributed by atoms with Gasteiger partial charge in [-0.15, -0.1) is 0 Å². The SMILES string of the molecule is CCc1c(-c2ccc(F)c(F)c2)nc[nH]c1=O. The zero-order valence-electron chi connectivity index (χ0n) is 9.13. The highest BCUT2D eigenvalue weighted by Gasteiger charge is 2.11. The lowest BCUT2D eigenvalue weighted by Crippen LogP contribution is -2.14. The summed E-state index contributed by atoms with van der Waals surface area (Å²) in [5.74, 6) is -1.87. The molecule has 0 aliphatic carbocycles. The fraction of sp³-hybridized carbons (Fsp3) is 0.167. The molecule has 88 valence electrons. The molecule has 0 saturated carbocycles. The van der Waals surface area contributed by atoms with Gasteiger partial charge in [-0.25, -0.2) is 13.8 Å². The lowest BCUT2D eigenvalue weighted by atomic mass is 10.1. The summed E-state index contributed by atoms with van der Waals surface area (Å²) in [4.78, 5) is 18.0. The number of hydrogen-bond acceptors (Lipinski definition) is 2. The van der Waals surface area contributed by atoms with Gasteiger partial charge >= 0.3 is 0 Å². The quantitative estimate of drug-likeness (QED) is 0.869. The average Bonchev–Trinajstić information content (AvgIpc) is 2.32. The summed E-state index contributed by atoms with van der Waals surface area (Å²) in [7, 11) is 0. The van der Waals surface area contributed by atoms with E-state index >= 15 is 0 Å². The standard InChI is InChI=1S/C12H10F2N2O/c1-2-8-11(15-6-16-12(8)17)7-3-4-9(13)10(14)5-7/h3-6H,2H2,1H3,(H,15,16,17). The van der Waals surface area contributed by atoms with Crippen molar-refractivity contribution in [3.05, 3.63) is 52.1 Å². The molecule has 5 heteroatoms. The van der Waals surface area contributed by atoms with E-state index < -0.39 is 11.6 Å². The minimum absolute atomic E-state index is 0.262. The zero-order chi connectivity index (χ0) is 12.4. The van der Waals surface area contributed by atoms with Crippen LogP contribution in [0.25, 0.3) is 11.3 Å². The van der Waals surface area contributed by atoms with Crippen molar-refractivity contribution in [1.82, 2.24) is 9.97 Å². The van der Waals surface area contributed by atoms with Crippen molar-refractivity contribution >= 4 is 0 Å². The number of nitrogens with zero attached hydrogens (tertiary/aromatic N) is 1. The number of benzene rings is 1. The van der Waals surface area contributed by atoms with Crippen molar-refractivity contribution in [3.63, 3.8) is 0 Å². The predicted molar refractivity (Wildman–Crippen MR) is 59.6 cm³/mol. The fourth-order valence-corrected chi connectivity index (χ4v) is 1.65. The van der Waals surface area contributed by atoms with Crippen molar-refractivity contribution in [3.8, 4) is 11.3 Å². The van der Waals surface area contributed by atoms with Crippen LogP contribution in [0, 0.1) is 11.6 Å². The first-order chi connectivity index (χ1) is 8.13. The van der Waals surface area contributed by atoms with Crippen LogP contribution in [0.1, 0.15) is 12.5 Å². The van der Waals surface area contributed by atoms with Gasteiger partial charge in [-0.1, -0.05) is 6.92 Å². The molecule has 1 heterocycles. The number of aromatic amines is 1. The number of H-pyrrole nitrogens is 1. The van der Waals surface area contributed by atoms with Crippen LogP contribution < -0.4 is 5.56 Å². The van der Waals surface area contributed by atoms with E-state index in [1.54, 1.807) is 6.92 Å². The van der Waals surface area contributed by atoms with Gasteiger partial charge in [0.05, 0.1) is 12.0 Å². The van der Waals surface area contributed by atoms with E-state index in [0.29, 0.717) is 23.2 Å². The molecule has 2 aromatic rings. The number of hydrogen-bond donors (Lipinski definition) is 1. The van der Waals surface area contributed by atoms with Crippen molar-refractivity contribution in [2.45, 2.75) is 13.3 Å². The Morgan fingerprint density at radius 2 is 2.06 bits per heavy atom. The molecule has 1 aromatic heterocycles. The van der Waals surface area contributed by atoms with E-state index in [1.807, 2.05) is 0 Å². The molecule has 2 rings (SSSR count). The van der Waals surface area contributed by atoms with Crippen LogP contribution in [0.3, 0.4) is 0 Å². The Hall–Kier alpha value is -2.04. The van der Waals surface area contributed by atoms with Crippen molar-refractivity contribution in [2.75, 3.05) is 0 Å². The summed E-state index contributed by atoms with van der Waals surface area (Å²) in [6.07, 6.45) is 1.72. The predicted octanol–water partition coefficient (Wildman–Crippen LogP) is 2.28. The molecule has 0 spiro atoms. The minimum Gasteiger partial charge on any atom is -0.313 e. The number of aromatic nitrogens is 2. The third-order valence-electron chi connectivity index (χ3n) is 2.50. The van der Waals surface area contributed by atoms with Crippen molar-refractivity contribution in [1.29, 1.82) is 0 Å². The molecule has 0 bridgehead atoms. The Morgan fingerprint density at radius 1 is 1.29 bits per heavy atom. The Morgan fingerprint density at radius 3 is 2.71 bits per heavy atom. The van der Waals surface area contributed by atoms with Crippen LogP contribution in [0.4, 0.5) is 8.78 Å². The molecule has 0 fully saturated rings. The maximum Gasteiger partial charge on any atom is 0.254 e. The van der Waals surface area contributed by atoms with Gasteiger partial charge in [0.15, 0.2) is 11.6 Å². The molecule has 3 nitrogen and oxygen atoms in total. The molecule has 1 aromatic carbocycles. The van der Waals surface area contributed by atoms with Gasteiger partial charge in [-0.05, 0) is 24.6 Å². The van der Waals surface area contributed by atoms with Gasteiger partial charge in [-0.3, -0.25) is 4.79 Å². The molecule has 17 heavy (non-hydrogen) atoms. The van der Waals surface area contributed by atoms with Gasteiger partial charge in [0.25, 0.3) is 5.56 Å². The first-order valence-electron chi connectivity index (χ1n) is 5.15. The molecule has 1 N–H and O–H groups in total. The second kappa shape index (κ2) is 4.45. The Kier molecular flexibility index (Phi) is 2.99. The topological polar surface area (TPSA) is 45.8 Å². The van der Waals surface area contributed by atoms with E-state index in [0.717, 1.165) is 12.1 Å². The molecule has 0 atom stereocenters. The highest BCUT2D eigenvalue weighted by molar-refractivity contribution is 5.62. The van der Waals surface area contributed by atoms with Gasteiger partial charge in [0.2, 0.25) is 0 Å².